The number of hydrogen-bond donors (Lipinski definition) is 2. The average Bonchev–Trinajstić information content (AvgIpc) is 2.29. The number of benzene rings is 1. The number of aliphatic hydroxyl groups excluding tert-OH is 1. The molecule has 17 heavy (non-hydrogen) atoms. The van der Waals surface area contributed by atoms with E-state index in [1.54, 1.807) is 0 Å². The van der Waals surface area contributed by atoms with Crippen LogP contribution in [0.2, 0.25) is 0 Å². The summed E-state index contributed by atoms with van der Waals surface area (Å²) in [5, 5.41) is 12.4. The molecule has 0 fully saturated rings. The highest BCUT2D eigenvalue weighted by Gasteiger charge is 2.14. The Bertz CT molecular complexity index is 316. The number of rotatable bonds is 7. The lowest BCUT2D eigenvalue weighted by atomic mass is 10.0. The molecule has 0 bridgehead atoms. The Kier molecular flexibility index (Phi) is 5.66. The molecule has 0 radical (unpaired) electrons. The van der Waals surface area contributed by atoms with Crippen molar-refractivity contribution in [1.29, 1.82) is 0 Å². The maximum Gasteiger partial charge on any atom is 0.0448 e. The highest BCUT2D eigenvalue weighted by molar-refractivity contribution is 5.22. The maximum atomic E-state index is 8.94. The Morgan fingerprint density at radius 2 is 1.71 bits per heavy atom. The summed E-state index contributed by atoms with van der Waals surface area (Å²) in [6, 6.07) is 8.82. The Morgan fingerprint density at radius 3 is 2.24 bits per heavy atom. The van der Waals surface area contributed by atoms with Crippen molar-refractivity contribution in [3.05, 3.63) is 35.4 Å². The van der Waals surface area contributed by atoms with Crippen molar-refractivity contribution in [2.24, 2.45) is 0 Å². The molecule has 0 heterocycles. The Morgan fingerprint density at radius 1 is 1.12 bits per heavy atom. The highest BCUT2D eigenvalue weighted by atomic mass is 16.3. The second-order valence-corrected chi connectivity index (χ2v) is 5.20. The molecule has 1 aromatic rings. The number of nitrogens with one attached hydrogen (secondary N) is 1. The summed E-state index contributed by atoms with van der Waals surface area (Å²) in [4.78, 5) is 0. The van der Waals surface area contributed by atoms with E-state index in [9.17, 15) is 0 Å². The molecule has 0 amide bonds. The number of aryl methyl sites for hydroxylation is 1. The first-order valence-corrected chi connectivity index (χ1v) is 6.51. The van der Waals surface area contributed by atoms with E-state index in [2.05, 4.69) is 50.4 Å². The van der Waals surface area contributed by atoms with Gasteiger partial charge in [0.15, 0.2) is 0 Å². The molecule has 0 saturated carbocycles. The standard InChI is InChI=1S/C15H25NO/c1-4-13-5-7-14(8-6-13)9-11-16-15(2,3)10-12-17/h5-8,16-17H,4,9-12H2,1-3H3. The molecule has 96 valence electrons. The molecule has 2 N–H and O–H groups in total. The van der Waals surface area contributed by atoms with Gasteiger partial charge in [0.1, 0.15) is 0 Å². The van der Waals surface area contributed by atoms with Crippen LogP contribution in [0.4, 0.5) is 0 Å². The molecule has 0 spiro atoms. The molecule has 0 aliphatic rings. The van der Waals surface area contributed by atoms with E-state index in [4.69, 9.17) is 5.11 Å². The van der Waals surface area contributed by atoms with E-state index >= 15 is 0 Å². The number of aliphatic hydroxyl groups is 1. The van der Waals surface area contributed by atoms with Gasteiger partial charge in [-0.1, -0.05) is 31.2 Å². The quantitative estimate of drug-likeness (QED) is 0.761. The molecular formula is C15H25NO. The summed E-state index contributed by atoms with van der Waals surface area (Å²) in [5.41, 5.74) is 2.79. The van der Waals surface area contributed by atoms with Crippen LogP contribution in [0, 0.1) is 0 Å². The third-order valence-electron chi connectivity index (χ3n) is 3.19. The van der Waals surface area contributed by atoms with Crippen molar-refractivity contribution >= 4 is 0 Å². The van der Waals surface area contributed by atoms with Gasteiger partial charge in [-0.3, -0.25) is 0 Å². The molecule has 1 rings (SSSR count). The smallest absolute Gasteiger partial charge is 0.0448 e. The van der Waals surface area contributed by atoms with Crippen LogP contribution in [-0.2, 0) is 12.8 Å². The van der Waals surface area contributed by atoms with Crippen LogP contribution >= 0.6 is 0 Å². The average molecular weight is 235 g/mol. The molecular weight excluding hydrogens is 210 g/mol. The van der Waals surface area contributed by atoms with Crippen LogP contribution in [0.25, 0.3) is 0 Å². The summed E-state index contributed by atoms with van der Waals surface area (Å²) in [7, 11) is 0. The van der Waals surface area contributed by atoms with E-state index in [1.807, 2.05) is 0 Å². The van der Waals surface area contributed by atoms with Crippen molar-refractivity contribution in [2.45, 2.75) is 45.6 Å². The third-order valence-corrected chi connectivity index (χ3v) is 3.19. The summed E-state index contributed by atoms with van der Waals surface area (Å²) in [5.74, 6) is 0. The van der Waals surface area contributed by atoms with Gasteiger partial charge < -0.3 is 10.4 Å². The van der Waals surface area contributed by atoms with E-state index in [0.29, 0.717) is 0 Å². The monoisotopic (exact) mass is 235 g/mol. The topological polar surface area (TPSA) is 32.3 Å². The molecule has 0 aliphatic heterocycles. The molecule has 0 unspecified atom stereocenters. The van der Waals surface area contributed by atoms with Crippen molar-refractivity contribution in [2.75, 3.05) is 13.2 Å². The van der Waals surface area contributed by atoms with Gasteiger partial charge in [-0.25, -0.2) is 0 Å². The van der Waals surface area contributed by atoms with Crippen LogP contribution in [-0.4, -0.2) is 23.8 Å². The van der Waals surface area contributed by atoms with Crippen LogP contribution < -0.4 is 5.32 Å². The Labute approximate surface area is 105 Å². The first kappa shape index (κ1) is 14.2. The second-order valence-electron chi connectivity index (χ2n) is 5.20. The lowest BCUT2D eigenvalue weighted by Crippen LogP contribution is -2.41. The van der Waals surface area contributed by atoms with Gasteiger partial charge in [0.25, 0.3) is 0 Å². The van der Waals surface area contributed by atoms with Gasteiger partial charge in [0.2, 0.25) is 0 Å². The zero-order valence-corrected chi connectivity index (χ0v) is 11.3. The largest absolute Gasteiger partial charge is 0.396 e. The predicted molar refractivity (Wildman–Crippen MR) is 73.3 cm³/mol. The fraction of sp³-hybridized carbons (Fsp3) is 0.600. The SMILES string of the molecule is CCc1ccc(CCNC(C)(C)CCO)cc1. The zero-order chi connectivity index (χ0) is 12.7. The minimum Gasteiger partial charge on any atom is -0.396 e. The first-order valence-electron chi connectivity index (χ1n) is 6.51. The molecule has 1 aromatic carbocycles. The first-order chi connectivity index (χ1) is 8.07. The van der Waals surface area contributed by atoms with Gasteiger partial charge in [0.05, 0.1) is 0 Å². The van der Waals surface area contributed by atoms with E-state index in [0.717, 1.165) is 25.8 Å². The van der Waals surface area contributed by atoms with Gasteiger partial charge in [-0.05, 0) is 50.8 Å². The summed E-state index contributed by atoms with van der Waals surface area (Å²) < 4.78 is 0. The minimum atomic E-state index is 0.0259. The van der Waals surface area contributed by atoms with Crippen molar-refractivity contribution in [1.82, 2.24) is 5.32 Å². The van der Waals surface area contributed by atoms with Crippen molar-refractivity contribution < 1.29 is 5.11 Å². The Balaban J connectivity index is 2.35. The van der Waals surface area contributed by atoms with E-state index in [-0.39, 0.29) is 12.1 Å². The summed E-state index contributed by atoms with van der Waals surface area (Å²) >= 11 is 0. The lowest BCUT2D eigenvalue weighted by Gasteiger charge is -2.25. The highest BCUT2D eigenvalue weighted by Crippen LogP contribution is 2.09. The van der Waals surface area contributed by atoms with Crippen molar-refractivity contribution in [3.8, 4) is 0 Å². The van der Waals surface area contributed by atoms with Crippen molar-refractivity contribution in [3.63, 3.8) is 0 Å². The lowest BCUT2D eigenvalue weighted by molar-refractivity contribution is 0.231. The minimum absolute atomic E-state index is 0.0259. The predicted octanol–water partition coefficient (Wildman–Crippen LogP) is 2.54. The molecule has 2 nitrogen and oxygen atoms in total. The van der Waals surface area contributed by atoms with E-state index in [1.165, 1.54) is 11.1 Å². The van der Waals surface area contributed by atoms with Gasteiger partial charge in [-0.15, -0.1) is 0 Å². The molecule has 0 aromatic heterocycles. The van der Waals surface area contributed by atoms with Gasteiger partial charge in [-0.2, -0.15) is 0 Å². The van der Waals surface area contributed by atoms with Gasteiger partial charge >= 0.3 is 0 Å². The maximum absolute atomic E-state index is 8.94. The molecule has 2 heteroatoms. The summed E-state index contributed by atoms with van der Waals surface area (Å²) in [6.45, 7) is 7.63. The normalized spacial score (nSPS) is 11.8. The molecule has 0 aliphatic carbocycles. The van der Waals surface area contributed by atoms with E-state index < -0.39 is 0 Å². The third kappa shape index (κ3) is 5.33. The molecule has 0 saturated heterocycles. The van der Waals surface area contributed by atoms with Gasteiger partial charge in [0, 0.05) is 12.1 Å². The number of hydrogen-bond acceptors (Lipinski definition) is 2. The second kappa shape index (κ2) is 6.77. The molecule has 0 atom stereocenters. The van der Waals surface area contributed by atoms with Crippen LogP contribution in [0.15, 0.2) is 24.3 Å². The Hall–Kier alpha value is -0.860. The van der Waals surface area contributed by atoms with Crippen LogP contribution in [0.5, 0.6) is 0 Å². The fourth-order valence-corrected chi connectivity index (χ4v) is 1.85. The summed E-state index contributed by atoms with van der Waals surface area (Å²) in [6.07, 6.45) is 2.93. The van der Waals surface area contributed by atoms with Crippen LogP contribution in [0.3, 0.4) is 0 Å². The van der Waals surface area contributed by atoms with Crippen LogP contribution in [0.1, 0.15) is 38.3 Å². The fourth-order valence-electron chi connectivity index (χ4n) is 1.85. The zero-order valence-electron chi connectivity index (χ0n) is 11.3.